The first-order chi connectivity index (χ1) is 8.49. The third-order valence-corrected chi connectivity index (χ3v) is 3.97. The summed E-state index contributed by atoms with van der Waals surface area (Å²) in [4.78, 5) is 11.0. The van der Waals surface area contributed by atoms with Crippen molar-refractivity contribution >= 4 is 17.6 Å². The first-order valence-electron chi connectivity index (χ1n) is 6.16. The standard InChI is InChI=1S/C12H18ClN3O2/c1-7-9(11(13)16(2)15-7)6-8-4-3-5-10(14-8)12(17)18/h8,10,14H,3-6H2,1-2H3,(H,17,18). The number of piperidine rings is 1. The van der Waals surface area contributed by atoms with E-state index >= 15 is 0 Å². The Hall–Kier alpha value is -1.07. The van der Waals surface area contributed by atoms with Crippen LogP contribution in [-0.2, 0) is 18.3 Å². The zero-order valence-electron chi connectivity index (χ0n) is 10.6. The number of aliphatic carboxylic acids is 1. The monoisotopic (exact) mass is 271 g/mol. The van der Waals surface area contributed by atoms with E-state index < -0.39 is 12.0 Å². The summed E-state index contributed by atoms with van der Waals surface area (Å²) in [6, 6.07) is -0.264. The molecule has 1 saturated heterocycles. The predicted octanol–water partition coefficient (Wildman–Crippen LogP) is 1.52. The Morgan fingerprint density at radius 3 is 2.89 bits per heavy atom. The molecule has 1 fully saturated rings. The molecule has 0 amide bonds. The molecule has 1 aliphatic heterocycles. The van der Waals surface area contributed by atoms with Crippen LogP contribution < -0.4 is 5.32 Å². The first-order valence-corrected chi connectivity index (χ1v) is 6.53. The maximum absolute atomic E-state index is 11.0. The lowest BCUT2D eigenvalue weighted by atomic mass is 9.94. The van der Waals surface area contributed by atoms with Crippen LogP contribution in [0.3, 0.4) is 0 Å². The van der Waals surface area contributed by atoms with Crippen LogP contribution >= 0.6 is 11.6 Å². The number of carboxylic acids is 1. The Balaban J connectivity index is 2.07. The molecule has 0 spiro atoms. The van der Waals surface area contributed by atoms with Gasteiger partial charge in [-0.2, -0.15) is 5.10 Å². The molecule has 0 radical (unpaired) electrons. The Morgan fingerprint density at radius 1 is 1.61 bits per heavy atom. The second kappa shape index (κ2) is 5.28. The van der Waals surface area contributed by atoms with Crippen LogP contribution in [0.5, 0.6) is 0 Å². The summed E-state index contributed by atoms with van der Waals surface area (Å²) in [5.41, 5.74) is 1.93. The summed E-state index contributed by atoms with van der Waals surface area (Å²) in [5.74, 6) is -0.770. The molecular weight excluding hydrogens is 254 g/mol. The number of rotatable bonds is 3. The number of aryl methyl sites for hydroxylation is 2. The average Bonchev–Trinajstić information content (AvgIpc) is 2.56. The molecule has 0 bridgehead atoms. The van der Waals surface area contributed by atoms with Gasteiger partial charge in [0.1, 0.15) is 11.2 Å². The molecular formula is C12H18ClN3O2. The Labute approximate surface area is 111 Å². The van der Waals surface area contributed by atoms with Gasteiger partial charge in [-0.25, -0.2) is 0 Å². The second-order valence-electron chi connectivity index (χ2n) is 4.87. The predicted molar refractivity (Wildman–Crippen MR) is 68.9 cm³/mol. The van der Waals surface area contributed by atoms with Crippen LogP contribution in [0.1, 0.15) is 30.5 Å². The minimum Gasteiger partial charge on any atom is -0.480 e. The number of nitrogens with one attached hydrogen (secondary N) is 1. The Bertz CT molecular complexity index is 458. The highest BCUT2D eigenvalue weighted by Gasteiger charge is 2.27. The van der Waals surface area contributed by atoms with Gasteiger partial charge in [-0.1, -0.05) is 11.6 Å². The van der Waals surface area contributed by atoms with Crippen molar-refractivity contribution in [3.05, 3.63) is 16.4 Å². The van der Waals surface area contributed by atoms with Gasteiger partial charge in [0.2, 0.25) is 0 Å². The number of hydrogen-bond donors (Lipinski definition) is 2. The molecule has 100 valence electrons. The first kappa shape index (κ1) is 13.4. The zero-order valence-corrected chi connectivity index (χ0v) is 11.4. The van der Waals surface area contributed by atoms with Crippen molar-refractivity contribution in [2.24, 2.45) is 7.05 Å². The minimum absolute atomic E-state index is 0.167. The number of aromatic nitrogens is 2. The van der Waals surface area contributed by atoms with Gasteiger partial charge in [0.15, 0.2) is 0 Å². The number of carboxylic acid groups (broad SMARTS) is 1. The number of carbonyl (C=O) groups is 1. The van der Waals surface area contributed by atoms with Gasteiger partial charge in [-0.15, -0.1) is 0 Å². The number of nitrogens with zero attached hydrogens (tertiary/aromatic N) is 2. The topological polar surface area (TPSA) is 67.2 Å². The van der Waals surface area contributed by atoms with Gasteiger partial charge in [-0.3, -0.25) is 9.48 Å². The van der Waals surface area contributed by atoms with Gasteiger partial charge in [-0.05, 0) is 32.6 Å². The van der Waals surface area contributed by atoms with E-state index in [1.54, 1.807) is 4.68 Å². The van der Waals surface area contributed by atoms with Crippen LogP contribution in [0.15, 0.2) is 0 Å². The van der Waals surface area contributed by atoms with E-state index in [1.165, 1.54) is 0 Å². The van der Waals surface area contributed by atoms with E-state index in [4.69, 9.17) is 16.7 Å². The summed E-state index contributed by atoms with van der Waals surface area (Å²) in [5, 5.41) is 17.1. The summed E-state index contributed by atoms with van der Waals surface area (Å²) in [7, 11) is 1.81. The van der Waals surface area contributed by atoms with Crippen molar-refractivity contribution in [2.75, 3.05) is 0 Å². The smallest absolute Gasteiger partial charge is 0.320 e. The largest absolute Gasteiger partial charge is 0.480 e. The lowest BCUT2D eigenvalue weighted by Crippen LogP contribution is -2.47. The van der Waals surface area contributed by atoms with Crippen LogP contribution in [0, 0.1) is 6.92 Å². The Morgan fingerprint density at radius 2 is 2.33 bits per heavy atom. The van der Waals surface area contributed by atoms with Crippen LogP contribution in [0.4, 0.5) is 0 Å². The highest BCUT2D eigenvalue weighted by Crippen LogP contribution is 2.23. The summed E-state index contributed by atoms with van der Waals surface area (Å²) in [6.07, 6.45) is 3.36. The van der Waals surface area contributed by atoms with Crippen molar-refractivity contribution in [1.29, 1.82) is 0 Å². The zero-order chi connectivity index (χ0) is 13.3. The van der Waals surface area contributed by atoms with Crippen molar-refractivity contribution in [2.45, 2.75) is 44.7 Å². The normalized spacial score (nSPS) is 24.2. The van der Waals surface area contributed by atoms with Crippen LogP contribution in [0.25, 0.3) is 0 Å². The van der Waals surface area contributed by atoms with Gasteiger partial charge in [0.05, 0.1) is 5.69 Å². The third kappa shape index (κ3) is 2.67. The molecule has 0 aliphatic carbocycles. The van der Waals surface area contributed by atoms with Crippen molar-refractivity contribution < 1.29 is 9.90 Å². The molecule has 2 heterocycles. The highest BCUT2D eigenvalue weighted by molar-refractivity contribution is 6.30. The average molecular weight is 272 g/mol. The molecule has 0 aromatic carbocycles. The Kier molecular flexibility index (Phi) is 3.92. The molecule has 2 atom stereocenters. The van der Waals surface area contributed by atoms with E-state index in [1.807, 2.05) is 14.0 Å². The molecule has 1 aromatic rings. The molecule has 0 saturated carbocycles. The molecule has 5 nitrogen and oxygen atoms in total. The maximum Gasteiger partial charge on any atom is 0.320 e. The number of halogens is 1. The minimum atomic E-state index is -0.770. The van der Waals surface area contributed by atoms with Crippen molar-refractivity contribution in [3.63, 3.8) is 0 Å². The summed E-state index contributed by atoms with van der Waals surface area (Å²) in [6.45, 7) is 1.93. The molecule has 2 N–H and O–H groups in total. The molecule has 1 aromatic heterocycles. The molecule has 18 heavy (non-hydrogen) atoms. The fourth-order valence-corrected chi connectivity index (χ4v) is 2.78. The molecule has 2 unspecified atom stereocenters. The quantitative estimate of drug-likeness (QED) is 0.875. The molecule has 2 rings (SSSR count). The van der Waals surface area contributed by atoms with Gasteiger partial charge in [0.25, 0.3) is 0 Å². The summed E-state index contributed by atoms with van der Waals surface area (Å²) >= 11 is 6.19. The molecule has 1 aliphatic rings. The van der Waals surface area contributed by atoms with E-state index in [0.29, 0.717) is 11.6 Å². The van der Waals surface area contributed by atoms with Crippen molar-refractivity contribution in [3.8, 4) is 0 Å². The van der Waals surface area contributed by atoms with Crippen LogP contribution in [-0.4, -0.2) is 32.9 Å². The van der Waals surface area contributed by atoms with Gasteiger partial charge in [0, 0.05) is 18.7 Å². The maximum atomic E-state index is 11.0. The highest BCUT2D eigenvalue weighted by atomic mass is 35.5. The fourth-order valence-electron chi connectivity index (χ4n) is 2.53. The lowest BCUT2D eigenvalue weighted by molar-refractivity contribution is -0.140. The SMILES string of the molecule is Cc1nn(C)c(Cl)c1CC1CCCC(C(=O)O)N1. The summed E-state index contributed by atoms with van der Waals surface area (Å²) < 4.78 is 1.66. The van der Waals surface area contributed by atoms with E-state index in [9.17, 15) is 4.79 Å². The lowest BCUT2D eigenvalue weighted by Gasteiger charge is -2.28. The molecule has 6 heteroatoms. The van der Waals surface area contributed by atoms with E-state index in [2.05, 4.69) is 10.4 Å². The van der Waals surface area contributed by atoms with E-state index in [-0.39, 0.29) is 6.04 Å². The fraction of sp³-hybridized carbons (Fsp3) is 0.667. The van der Waals surface area contributed by atoms with Crippen molar-refractivity contribution in [1.82, 2.24) is 15.1 Å². The van der Waals surface area contributed by atoms with Crippen LogP contribution in [0.2, 0.25) is 5.15 Å². The van der Waals surface area contributed by atoms with Gasteiger partial charge >= 0.3 is 5.97 Å². The second-order valence-corrected chi connectivity index (χ2v) is 5.23. The van der Waals surface area contributed by atoms with Gasteiger partial charge < -0.3 is 10.4 Å². The van der Waals surface area contributed by atoms with E-state index in [0.717, 1.165) is 30.5 Å². The number of hydrogen-bond acceptors (Lipinski definition) is 3. The third-order valence-electron chi connectivity index (χ3n) is 3.50.